The first-order chi connectivity index (χ1) is 9.60. The molecule has 1 aromatic carbocycles. The molecule has 3 nitrogen and oxygen atoms in total. The molecule has 0 saturated heterocycles. The molecule has 0 N–H and O–H groups in total. The number of hydrogen-bond donors (Lipinski definition) is 0. The average Bonchev–Trinajstić information content (AvgIpc) is 2.76. The Labute approximate surface area is 131 Å². The van der Waals surface area contributed by atoms with Gasteiger partial charge in [0.25, 0.3) is 0 Å². The van der Waals surface area contributed by atoms with Crippen LogP contribution >= 0.6 is 34.8 Å². The molecular weight excluding hydrogens is 317 g/mol. The highest BCUT2D eigenvalue weighted by molar-refractivity contribution is 6.35. The van der Waals surface area contributed by atoms with Gasteiger partial charge in [-0.3, -0.25) is 4.57 Å². The summed E-state index contributed by atoms with van der Waals surface area (Å²) in [6.07, 6.45) is 1.79. The van der Waals surface area contributed by atoms with Gasteiger partial charge in [-0.2, -0.15) is 0 Å². The zero-order valence-corrected chi connectivity index (χ0v) is 12.8. The fourth-order valence-corrected chi connectivity index (χ4v) is 2.79. The third kappa shape index (κ3) is 2.26. The summed E-state index contributed by atoms with van der Waals surface area (Å²) in [5.74, 6) is 0.970. The Kier molecular flexibility index (Phi) is 3.59. The van der Waals surface area contributed by atoms with Gasteiger partial charge < -0.3 is 0 Å². The Hall–Kier alpha value is -1.29. The first-order valence-electron chi connectivity index (χ1n) is 5.95. The molecule has 0 atom stereocenters. The average molecular weight is 327 g/mol. The Morgan fingerprint density at radius 3 is 2.70 bits per heavy atom. The number of aromatic nitrogens is 3. The van der Waals surface area contributed by atoms with Crippen LogP contribution in [-0.4, -0.2) is 14.5 Å². The normalized spacial score (nSPS) is 11.2. The molecule has 0 amide bonds. The van der Waals surface area contributed by atoms with Crippen molar-refractivity contribution in [3.8, 4) is 5.69 Å². The number of alkyl halides is 1. The highest BCUT2D eigenvalue weighted by Crippen LogP contribution is 2.29. The maximum atomic E-state index is 6.28. The summed E-state index contributed by atoms with van der Waals surface area (Å²) >= 11 is 18.2. The lowest BCUT2D eigenvalue weighted by Crippen LogP contribution is -2.01. The number of pyridine rings is 1. The van der Waals surface area contributed by atoms with Gasteiger partial charge in [-0.25, -0.2) is 9.97 Å². The second-order valence-electron chi connectivity index (χ2n) is 4.45. The summed E-state index contributed by atoms with van der Waals surface area (Å²) in [4.78, 5) is 8.95. The Morgan fingerprint density at radius 2 is 2.00 bits per heavy atom. The van der Waals surface area contributed by atoms with Gasteiger partial charge in [0.1, 0.15) is 11.3 Å². The van der Waals surface area contributed by atoms with Gasteiger partial charge in [0.2, 0.25) is 0 Å². The van der Waals surface area contributed by atoms with E-state index in [1.807, 2.05) is 23.6 Å². The van der Waals surface area contributed by atoms with E-state index in [1.165, 1.54) is 0 Å². The zero-order chi connectivity index (χ0) is 14.3. The number of hydrogen-bond acceptors (Lipinski definition) is 2. The molecule has 0 aliphatic rings. The molecule has 2 heterocycles. The van der Waals surface area contributed by atoms with Crippen LogP contribution in [0.1, 0.15) is 11.4 Å². The molecule has 0 radical (unpaired) electrons. The molecule has 0 saturated carbocycles. The van der Waals surface area contributed by atoms with Crippen LogP contribution in [0.5, 0.6) is 0 Å². The lowest BCUT2D eigenvalue weighted by Gasteiger charge is -2.09. The van der Waals surface area contributed by atoms with E-state index in [0.29, 0.717) is 15.9 Å². The fourth-order valence-electron chi connectivity index (χ4n) is 2.12. The van der Waals surface area contributed by atoms with E-state index >= 15 is 0 Å². The van der Waals surface area contributed by atoms with Crippen molar-refractivity contribution in [2.75, 3.05) is 0 Å². The molecular formula is C14H10Cl3N3. The van der Waals surface area contributed by atoms with Crippen LogP contribution < -0.4 is 0 Å². The number of nitrogens with zero attached hydrogens (tertiary/aromatic N) is 3. The topological polar surface area (TPSA) is 30.7 Å². The Balaban J connectivity index is 2.34. The maximum absolute atomic E-state index is 6.28. The van der Waals surface area contributed by atoms with Crippen LogP contribution in [0.3, 0.4) is 0 Å². The van der Waals surface area contributed by atoms with Crippen molar-refractivity contribution in [3.63, 3.8) is 0 Å². The molecule has 2 aromatic heterocycles. The van der Waals surface area contributed by atoms with Crippen molar-refractivity contribution in [3.05, 3.63) is 51.9 Å². The third-order valence-corrected chi connectivity index (χ3v) is 3.75. The predicted octanol–water partition coefficient (Wildman–Crippen LogP) is 4.77. The molecule has 20 heavy (non-hydrogen) atoms. The van der Waals surface area contributed by atoms with Gasteiger partial charge in [0, 0.05) is 11.2 Å². The standard InChI is InChI=1S/C14H10Cl3N3/c1-8-4-11-14(18-7-8)20(13(6-15)19-11)12-3-2-9(16)5-10(12)17/h2-5,7H,6H2,1H3. The van der Waals surface area contributed by atoms with Crippen LogP contribution in [0.4, 0.5) is 0 Å². The lowest BCUT2D eigenvalue weighted by molar-refractivity contribution is 0.969. The van der Waals surface area contributed by atoms with Crippen molar-refractivity contribution < 1.29 is 0 Å². The van der Waals surface area contributed by atoms with Crippen molar-refractivity contribution in [1.82, 2.24) is 14.5 Å². The summed E-state index contributed by atoms with van der Waals surface area (Å²) < 4.78 is 1.86. The first-order valence-corrected chi connectivity index (χ1v) is 7.24. The minimum atomic E-state index is 0.272. The van der Waals surface area contributed by atoms with Gasteiger partial charge in [-0.1, -0.05) is 23.2 Å². The Bertz CT molecular complexity index is 796. The molecule has 0 unspecified atom stereocenters. The SMILES string of the molecule is Cc1cnc2c(c1)nc(CCl)n2-c1ccc(Cl)cc1Cl. The molecule has 6 heteroatoms. The zero-order valence-electron chi connectivity index (χ0n) is 10.6. The summed E-state index contributed by atoms with van der Waals surface area (Å²) in [5.41, 5.74) is 3.35. The van der Waals surface area contributed by atoms with Gasteiger partial charge >= 0.3 is 0 Å². The van der Waals surface area contributed by atoms with Gasteiger partial charge in [-0.05, 0) is 36.8 Å². The van der Waals surface area contributed by atoms with E-state index in [0.717, 1.165) is 22.4 Å². The van der Waals surface area contributed by atoms with Gasteiger partial charge in [0.05, 0.1) is 16.6 Å². The number of imidazole rings is 1. The predicted molar refractivity (Wildman–Crippen MR) is 83.2 cm³/mol. The molecule has 0 bridgehead atoms. The summed E-state index contributed by atoms with van der Waals surface area (Å²) in [5, 5.41) is 1.12. The largest absolute Gasteiger partial charge is 0.278 e. The highest BCUT2D eigenvalue weighted by atomic mass is 35.5. The van der Waals surface area contributed by atoms with E-state index in [2.05, 4.69) is 9.97 Å². The number of halogens is 3. The van der Waals surface area contributed by atoms with E-state index < -0.39 is 0 Å². The van der Waals surface area contributed by atoms with E-state index in [-0.39, 0.29) is 5.88 Å². The minimum Gasteiger partial charge on any atom is -0.278 e. The molecule has 3 aromatic rings. The first kappa shape index (κ1) is 13.7. The highest BCUT2D eigenvalue weighted by Gasteiger charge is 2.15. The quantitative estimate of drug-likeness (QED) is 0.635. The van der Waals surface area contributed by atoms with Crippen LogP contribution in [0.2, 0.25) is 10.0 Å². The molecule has 0 aliphatic carbocycles. The number of aryl methyl sites for hydroxylation is 1. The van der Waals surface area contributed by atoms with Crippen LogP contribution in [-0.2, 0) is 5.88 Å². The van der Waals surface area contributed by atoms with E-state index in [9.17, 15) is 0 Å². The molecule has 0 aliphatic heterocycles. The number of fused-ring (bicyclic) bond motifs is 1. The van der Waals surface area contributed by atoms with Gasteiger partial charge in [0.15, 0.2) is 5.65 Å². The summed E-state index contributed by atoms with van der Waals surface area (Å²) in [7, 11) is 0. The number of benzene rings is 1. The molecule has 3 rings (SSSR count). The Morgan fingerprint density at radius 1 is 1.20 bits per heavy atom. The van der Waals surface area contributed by atoms with Gasteiger partial charge in [-0.15, -0.1) is 11.6 Å². The summed E-state index contributed by atoms with van der Waals surface area (Å²) in [6, 6.07) is 7.28. The van der Waals surface area contributed by atoms with Crippen molar-refractivity contribution in [2.45, 2.75) is 12.8 Å². The van der Waals surface area contributed by atoms with E-state index in [4.69, 9.17) is 34.8 Å². The van der Waals surface area contributed by atoms with Crippen molar-refractivity contribution in [2.24, 2.45) is 0 Å². The third-order valence-electron chi connectivity index (χ3n) is 2.97. The summed E-state index contributed by atoms with van der Waals surface area (Å²) in [6.45, 7) is 1.97. The van der Waals surface area contributed by atoms with Crippen LogP contribution in [0, 0.1) is 6.92 Å². The van der Waals surface area contributed by atoms with Crippen molar-refractivity contribution in [1.29, 1.82) is 0 Å². The molecule has 0 spiro atoms. The molecule has 102 valence electrons. The smallest absolute Gasteiger partial charge is 0.164 e. The number of rotatable bonds is 2. The second kappa shape index (κ2) is 5.24. The van der Waals surface area contributed by atoms with Crippen LogP contribution in [0.15, 0.2) is 30.5 Å². The lowest BCUT2D eigenvalue weighted by atomic mass is 10.3. The second-order valence-corrected chi connectivity index (χ2v) is 5.56. The minimum absolute atomic E-state index is 0.272. The molecule has 0 fully saturated rings. The van der Waals surface area contributed by atoms with E-state index in [1.54, 1.807) is 18.3 Å². The monoisotopic (exact) mass is 325 g/mol. The van der Waals surface area contributed by atoms with Crippen molar-refractivity contribution >= 4 is 46.0 Å². The van der Waals surface area contributed by atoms with Crippen LogP contribution in [0.25, 0.3) is 16.9 Å². The fraction of sp³-hybridized carbons (Fsp3) is 0.143. The maximum Gasteiger partial charge on any atom is 0.164 e.